The van der Waals surface area contributed by atoms with Crippen LogP contribution in [0.15, 0.2) is 77.3 Å². The van der Waals surface area contributed by atoms with Gasteiger partial charge >= 0.3 is 0 Å². The van der Waals surface area contributed by atoms with E-state index in [1.54, 1.807) is 24.3 Å². The molecule has 4 aromatic rings. The minimum absolute atomic E-state index is 0.0356. The first-order valence-corrected chi connectivity index (χ1v) is 9.94. The summed E-state index contributed by atoms with van der Waals surface area (Å²) in [5.74, 6) is 0.401. The molecule has 3 aromatic carbocycles. The Kier molecular flexibility index (Phi) is 5.81. The Morgan fingerprint density at radius 2 is 1.67 bits per heavy atom. The Morgan fingerprint density at radius 3 is 2.40 bits per heavy atom. The fourth-order valence-electron chi connectivity index (χ4n) is 2.86. The van der Waals surface area contributed by atoms with Crippen molar-refractivity contribution >= 4 is 44.8 Å². The normalized spacial score (nSPS) is 11.1. The van der Waals surface area contributed by atoms with Gasteiger partial charge in [0.2, 0.25) is 5.88 Å². The fourth-order valence-corrected chi connectivity index (χ4v) is 3.13. The quantitative estimate of drug-likeness (QED) is 0.258. The van der Waals surface area contributed by atoms with Crippen LogP contribution in [-0.4, -0.2) is 14.9 Å². The van der Waals surface area contributed by atoms with Gasteiger partial charge in [-0.25, -0.2) is 9.97 Å². The molecule has 0 saturated heterocycles. The van der Waals surface area contributed by atoms with Crippen LogP contribution >= 0.6 is 15.9 Å². The van der Waals surface area contributed by atoms with Crippen LogP contribution in [0.3, 0.4) is 0 Å². The van der Waals surface area contributed by atoms with E-state index in [1.807, 2.05) is 48.5 Å². The summed E-state index contributed by atoms with van der Waals surface area (Å²) in [7, 11) is 0. The van der Waals surface area contributed by atoms with Crippen LogP contribution < -0.4 is 4.74 Å². The van der Waals surface area contributed by atoms with Gasteiger partial charge in [-0.05, 0) is 41.5 Å². The number of nitro groups is 1. The molecule has 0 N–H and O–H groups in total. The molecular formula is C23H16BrN3O3. The SMILES string of the molecule is O=[N+]([O-])c1cccc(/C=C/c2nc3ccccc3nc2OCc2ccc(Br)cc2)c1. The molecule has 0 unspecified atom stereocenters. The van der Waals surface area contributed by atoms with Gasteiger partial charge in [0.15, 0.2) is 0 Å². The predicted octanol–water partition coefficient (Wildman–Crippen LogP) is 6.05. The van der Waals surface area contributed by atoms with Gasteiger partial charge in [0, 0.05) is 16.6 Å². The molecule has 1 heterocycles. The third kappa shape index (κ3) is 4.69. The van der Waals surface area contributed by atoms with Gasteiger partial charge in [0.05, 0.1) is 16.0 Å². The first-order chi connectivity index (χ1) is 14.6. The molecule has 0 aliphatic heterocycles. The van der Waals surface area contributed by atoms with Gasteiger partial charge in [-0.3, -0.25) is 10.1 Å². The van der Waals surface area contributed by atoms with E-state index in [9.17, 15) is 10.1 Å². The van der Waals surface area contributed by atoms with Crippen molar-refractivity contribution in [2.75, 3.05) is 0 Å². The maximum Gasteiger partial charge on any atom is 0.270 e. The zero-order chi connectivity index (χ0) is 20.9. The fraction of sp³-hybridized carbons (Fsp3) is 0.0435. The third-order valence-electron chi connectivity index (χ3n) is 4.37. The number of rotatable bonds is 6. The minimum atomic E-state index is -0.417. The minimum Gasteiger partial charge on any atom is -0.471 e. The summed E-state index contributed by atoms with van der Waals surface area (Å²) in [4.78, 5) is 19.9. The first kappa shape index (κ1) is 19.7. The van der Waals surface area contributed by atoms with Crippen molar-refractivity contribution < 1.29 is 9.66 Å². The first-order valence-electron chi connectivity index (χ1n) is 9.15. The second-order valence-electron chi connectivity index (χ2n) is 6.50. The Hall–Kier alpha value is -3.58. The molecule has 0 amide bonds. The molecule has 30 heavy (non-hydrogen) atoms. The van der Waals surface area contributed by atoms with Crippen molar-refractivity contribution in [3.63, 3.8) is 0 Å². The average Bonchev–Trinajstić information content (AvgIpc) is 2.77. The highest BCUT2D eigenvalue weighted by Gasteiger charge is 2.09. The lowest BCUT2D eigenvalue weighted by molar-refractivity contribution is -0.384. The number of para-hydroxylation sites is 2. The molecule has 6 nitrogen and oxygen atoms in total. The number of nitro benzene ring substituents is 1. The summed E-state index contributed by atoms with van der Waals surface area (Å²) in [6.07, 6.45) is 3.52. The topological polar surface area (TPSA) is 78.2 Å². The Bertz CT molecular complexity index is 1240. The molecular weight excluding hydrogens is 446 g/mol. The van der Waals surface area contributed by atoms with Crippen molar-refractivity contribution in [1.29, 1.82) is 0 Å². The second kappa shape index (κ2) is 8.84. The number of ether oxygens (including phenoxy) is 1. The van der Waals surface area contributed by atoms with Gasteiger partial charge in [-0.1, -0.05) is 58.4 Å². The van der Waals surface area contributed by atoms with Crippen molar-refractivity contribution in [3.8, 4) is 5.88 Å². The predicted molar refractivity (Wildman–Crippen MR) is 120 cm³/mol. The van der Waals surface area contributed by atoms with Crippen molar-refractivity contribution in [2.24, 2.45) is 0 Å². The Labute approximate surface area is 181 Å². The standard InChI is InChI=1S/C23H16BrN3O3/c24-18-11-8-17(9-12-18)15-30-23-22(25-20-6-1-2-7-21(20)26-23)13-10-16-4-3-5-19(14-16)27(28)29/h1-14H,15H2/b13-10+. The van der Waals surface area contributed by atoms with Crippen molar-refractivity contribution in [3.05, 3.63) is 104 Å². The van der Waals surface area contributed by atoms with E-state index >= 15 is 0 Å². The zero-order valence-corrected chi connectivity index (χ0v) is 17.3. The molecule has 0 bridgehead atoms. The second-order valence-corrected chi connectivity index (χ2v) is 7.42. The molecule has 1 aromatic heterocycles. The maximum absolute atomic E-state index is 11.0. The Balaban J connectivity index is 1.66. The molecule has 0 aliphatic carbocycles. The van der Waals surface area contributed by atoms with Crippen molar-refractivity contribution in [2.45, 2.75) is 6.61 Å². The van der Waals surface area contributed by atoms with Gasteiger partial charge < -0.3 is 4.74 Å². The smallest absolute Gasteiger partial charge is 0.270 e. The third-order valence-corrected chi connectivity index (χ3v) is 4.90. The number of benzene rings is 3. The van der Waals surface area contributed by atoms with E-state index < -0.39 is 4.92 Å². The van der Waals surface area contributed by atoms with E-state index in [1.165, 1.54) is 12.1 Å². The summed E-state index contributed by atoms with van der Waals surface area (Å²) in [6, 6.07) is 21.8. The lowest BCUT2D eigenvalue weighted by Crippen LogP contribution is -2.01. The van der Waals surface area contributed by atoms with Crippen LogP contribution in [0, 0.1) is 10.1 Å². The summed E-state index contributed by atoms with van der Waals surface area (Å²) >= 11 is 3.42. The number of non-ortho nitro benzene ring substituents is 1. The number of halogens is 1. The van der Waals surface area contributed by atoms with Crippen LogP contribution in [0.5, 0.6) is 5.88 Å². The highest BCUT2D eigenvalue weighted by Crippen LogP contribution is 2.23. The molecule has 4 rings (SSSR count). The van der Waals surface area contributed by atoms with Crippen LogP contribution in [-0.2, 0) is 6.61 Å². The van der Waals surface area contributed by atoms with Gasteiger partial charge in [-0.2, -0.15) is 0 Å². The number of aromatic nitrogens is 2. The summed E-state index contributed by atoms with van der Waals surface area (Å²) < 4.78 is 6.97. The number of fused-ring (bicyclic) bond motifs is 1. The van der Waals surface area contributed by atoms with E-state index in [-0.39, 0.29) is 5.69 Å². The van der Waals surface area contributed by atoms with Gasteiger partial charge in [0.25, 0.3) is 5.69 Å². The van der Waals surface area contributed by atoms with Crippen LogP contribution in [0.2, 0.25) is 0 Å². The van der Waals surface area contributed by atoms with Crippen molar-refractivity contribution in [1.82, 2.24) is 9.97 Å². The largest absolute Gasteiger partial charge is 0.471 e. The summed E-state index contributed by atoms with van der Waals surface area (Å²) in [6.45, 7) is 0.345. The van der Waals surface area contributed by atoms with Gasteiger partial charge in [-0.15, -0.1) is 0 Å². The monoisotopic (exact) mass is 461 g/mol. The molecule has 0 aliphatic rings. The summed E-state index contributed by atoms with van der Waals surface area (Å²) in [5.41, 5.74) is 3.76. The molecule has 0 saturated carbocycles. The lowest BCUT2D eigenvalue weighted by atomic mass is 10.1. The molecule has 7 heteroatoms. The number of hydrogen-bond acceptors (Lipinski definition) is 5. The lowest BCUT2D eigenvalue weighted by Gasteiger charge is -2.09. The molecule has 0 radical (unpaired) electrons. The van der Waals surface area contributed by atoms with Crippen LogP contribution in [0.1, 0.15) is 16.8 Å². The van der Waals surface area contributed by atoms with Crippen LogP contribution in [0.4, 0.5) is 5.69 Å². The highest BCUT2D eigenvalue weighted by atomic mass is 79.9. The zero-order valence-electron chi connectivity index (χ0n) is 15.7. The van der Waals surface area contributed by atoms with E-state index in [0.29, 0.717) is 23.7 Å². The average molecular weight is 462 g/mol. The maximum atomic E-state index is 11.0. The molecule has 0 atom stereocenters. The molecule has 0 spiro atoms. The Morgan fingerprint density at radius 1 is 0.933 bits per heavy atom. The number of hydrogen-bond donors (Lipinski definition) is 0. The van der Waals surface area contributed by atoms with Gasteiger partial charge in [0.1, 0.15) is 12.3 Å². The van der Waals surface area contributed by atoms with Crippen LogP contribution in [0.25, 0.3) is 23.2 Å². The van der Waals surface area contributed by atoms with E-state index in [4.69, 9.17) is 4.74 Å². The summed E-state index contributed by atoms with van der Waals surface area (Å²) in [5, 5.41) is 11.0. The number of nitrogens with zero attached hydrogens (tertiary/aromatic N) is 3. The molecule has 148 valence electrons. The van der Waals surface area contributed by atoms with E-state index in [0.717, 1.165) is 21.1 Å². The highest BCUT2D eigenvalue weighted by molar-refractivity contribution is 9.10. The van der Waals surface area contributed by atoms with E-state index in [2.05, 4.69) is 25.9 Å². The molecule has 0 fully saturated rings.